The molecule has 0 unspecified atom stereocenters. The van der Waals surface area contributed by atoms with Crippen molar-refractivity contribution in [1.29, 1.82) is 0 Å². The molecule has 2 heterocycles. The maximum atomic E-state index is 12.7. The summed E-state index contributed by atoms with van der Waals surface area (Å²) in [5.74, 6) is 0.763. The first kappa shape index (κ1) is 17.5. The van der Waals surface area contributed by atoms with Crippen molar-refractivity contribution in [2.75, 3.05) is 0 Å². The SMILES string of the molecule is Cc1ccc(C)c(CSc2c(C)cnc3c2c(=O)n(C)c(=O)n3C)c1. The Morgan fingerprint density at radius 1 is 1.04 bits per heavy atom. The van der Waals surface area contributed by atoms with E-state index in [2.05, 4.69) is 37.0 Å². The van der Waals surface area contributed by atoms with E-state index in [1.54, 1.807) is 25.0 Å². The van der Waals surface area contributed by atoms with Gasteiger partial charge in [0.05, 0.1) is 5.39 Å². The molecule has 25 heavy (non-hydrogen) atoms. The van der Waals surface area contributed by atoms with Gasteiger partial charge in [0.2, 0.25) is 0 Å². The van der Waals surface area contributed by atoms with Crippen molar-refractivity contribution in [1.82, 2.24) is 14.1 Å². The summed E-state index contributed by atoms with van der Waals surface area (Å²) < 4.78 is 2.57. The topological polar surface area (TPSA) is 56.9 Å². The van der Waals surface area contributed by atoms with E-state index in [-0.39, 0.29) is 11.2 Å². The number of pyridine rings is 1. The average Bonchev–Trinajstić information content (AvgIpc) is 2.59. The van der Waals surface area contributed by atoms with E-state index in [0.29, 0.717) is 11.0 Å². The summed E-state index contributed by atoms with van der Waals surface area (Å²) in [6.45, 7) is 6.12. The molecule has 0 bridgehead atoms. The molecule has 3 aromatic rings. The standard InChI is InChI=1S/C19H21N3O2S/c1-11-6-7-12(2)14(8-11)10-25-16-13(3)9-20-17-15(16)18(23)22(5)19(24)21(17)4/h6-9H,10H2,1-5H3. The number of aromatic nitrogens is 3. The predicted octanol–water partition coefficient (Wildman–Crippen LogP) is 2.85. The van der Waals surface area contributed by atoms with Crippen LogP contribution >= 0.6 is 11.8 Å². The van der Waals surface area contributed by atoms with Gasteiger partial charge in [-0.15, -0.1) is 11.8 Å². The van der Waals surface area contributed by atoms with E-state index < -0.39 is 0 Å². The Morgan fingerprint density at radius 2 is 1.76 bits per heavy atom. The number of nitrogens with zero attached hydrogens (tertiary/aromatic N) is 3. The molecule has 0 amide bonds. The number of benzene rings is 1. The highest BCUT2D eigenvalue weighted by molar-refractivity contribution is 7.98. The van der Waals surface area contributed by atoms with Crippen LogP contribution in [0.1, 0.15) is 22.3 Å². The quantitative estimate of drug-likeness (QED) is 0.678. The van der Waals surface area contributed by atoms with Crippen molar-refractivity contribution in [3.05, 3.63) is 67.5 Å². The average molecular weight is 355 g/mol. The first-order valence-electron chi connectivity index (χ1n) is 8.05. The van der Waals surface area contributed by atoms with Crippen molar-refractivity contribution in [2.24, 2.45) is 14.1 Å². The van der Waals surface area contributed by atoms with Crippen LogP contribution in [0.2, 0.25) is 0 Å². The third-order valence-electron chi connectivity index (χ3n) is 4.48. The Kier molecular flexibility index (Phi) is 4.56. The summed E-state index contributed by atoms with van der Waals surface area (Å²) >= 11 is 1.62. The number of hydrogen-bond acceptors (Lipinski definition) is 4. The first-order valence-corrected chi connectivity index (χ1v) is 9.04. The number of thioether (sulfide) groups is 1. The van der Waals surface area contributed by atoms with Gasteiger partial charge in [0.15, 0.2) is 0 Å². The number of fused-ring (bicyclic) bond motifs is 1. The Labute approximate surface area is 150 Å². The lowest BCUT2D eigenvalue weighted by Crippen LogP contribution is -2.37. The normalized spacial score (nSPS) is 11.2. The molecule has 0 aliphatic carbocycles. The van der Waals surface area contributed by atoms with Crippen LogP contribution in [-0.2, 0) is 19.8 Å². The molecule has 0 fully saturated rings. The molecule has 2 aromatic heterocycles. The fourth-order valence-corrected chi connectivity index (χ4v) is 4.10. The zero-order chi connectivity index (χ0) is 18.3. The van der Waals surface area contributed by atoms with E-state index in [4.69, 9.17) is 0 Å². The third-order valence-corrected chi connectivity index (χ3v) is 5.75. The fourth-order valence-electron chi connectivity index (χ4n) is 2.89. The second-order valence-electron chi connectivity index (χ2n) is 6.39. The maximum Gasteiger partial charge on any atom is 0.332 e. The summed E-state index contributed by atoms with van der Waals surface area (Å²) in [6.07, 6.45) is 1.73. The van der Waals surface area contributed by atoms with Crippen molar-refractivity contribution in [3.8, 4) is 0 Å². The molecule has 0 saturated heterocycles. The summed E-state index contributed by atoms with van der Waals surface area (Å²) in [4.78, 5) is 30.1. The van der Waals surface area contributed by atoms with Crippen LogP contribution < -0.4 is 11.2 Å². The zero-order valence-electron chi connectivity index (χ0n) is 15.1. The van der Waals surface area contributed by atoms with Crippen molar-refractivity contribution >= 4 is 22.8 Å². The molecular formula is C19H21N3O2S. The molecule has 0 aliphatic rings. The van der Waals surface area contributed by atoms with Crippen LogP contribution in [-0.4, -0.2) is 14.1 Å². The number of aryl methyl sites for hydroxylation is 4. The summed E-state index contributed by atoms with van der Waals surface area (Å²) in [5, 5.41) is 0.514. The Hall–Kier alpha value is -2.34. The van der Waals surface area contributed by atoms with Gasteiger partial charge in [0.25, 0.3) is 5.56 Å². The maximum absolute atomic E-state index is 12.7. The van der Waals surface area contributed by atoms with Crippen LogP contribution in [0.3, 0.4) is 0 Å². The van der Waals surface area contributed by atoms with E-state index in [1.807, 2.05) is 6.92 Å². The molecule has 0 saturated carbocycles. The Balaban J connectivity index is 2.16. The molecule has 0 radical (unpaired) electrons. The van der Waals surface area contributed by atoms with Gasteiger partial charge in [-0.25, -0.2) is 9.78 Å². The van der Waals surface area contributed by atoms with Gasteiger partial charge >= 0.3 is 5.69 Å². The second kappa shape index (κ2) is 6.52. The van der Waals surface area contributed by atoms with Gasteiger partial charge in [-0.3, -0.25) is 13.9 Å². The van der Waals surface area contributed by atoms with Crippen molar-refractivity contribution in [2.45, 2.75) is 31.4 Å². The highest BCUT2D eigenvalue weighted by Crippen LogP contribution is 2.31. The van der Waals surface area contributed by atoms with E-state index >= 15 is 0 Å². The monoisotopic (exact) mass is 355 g/mol. The molecule has 0 N–H and O–H groups in total. The lowest BCUT2D eigenvalue weighted by Gasteiger charge is -2.13. The molecule has 0 aliphatic heterocycles. The largest absolute Gasteiger partial charge is 0.332 e. The highest BCUT2D eigenvalue weighted by Gasteiger charge is 2.16. The van der Waals surface area contributed by atoms with Crippen molar-refractivity contribution in [3.63, 3.8) is 0 Å². The minimum absolute atomic E-state index is 0.294. The lowest BCUT2D eigenvalue weighted by atomic mass is 10.1. The predicted molar refractivity (Wildman–Crippen MR) is 102 cm³/mol. The van der Waals surface area contributed by atoms with Crippen molar-refractivity contribution < 1.29 is 0 Å². The summed E-state index contributed by atoms with van der Waals surface area (Å²) in [6, 6.07) is 6.39. The molecule has 130 valence electrons. The molecule has 3 rings (SSSR count). The third kappa shape index (κ3) is 3.02. The van der Waals surface area contributed by atoms with Crippen LogP contribution in [0, 0.1) is 20.8 Å². The van der Waals surface area contributed by atoms with Crippen LogP contribution in [0.5, 0.6) is 0 Å². The minimum Gasteiger partial charge on any atom is -0.280 e. The first-order chi connectivity index (χ1) is 11.8. The fraction of sp³-hybridized carbons (Fsp3) is 0.316. The number of hydrogen-bond donors (Lipinski definition) is 0. The minimum atomic E-state index is -0.362. The van der Waals surface area contributed by atoms with Gasteiger partial charge in [-0.05, 0) is 37.5 Å². The highest BCUT2D eigenvalue weighted by atomic mass is 32.2. The van der Waals surface area contributed by atoms with Gasteiger partial charge < -0.3 is 0 Å². The van der Waals surface area contributed by atoms with Gasteiger partial charge in [-0.1, -0.05) is 23.8 Å². The molecule has 5 nitrogen and oxygen atoms in total. The zero-order valence-corrected chi connectivity index (χ0v) is 15.9. The molecule has 0 atom stereocenters. The molecular weight excluding hydrogens is 334 g/mol. The molecule has 1 aromatic carbocycles. The smallest absolute Gasteiger partial charge is 0.280 e. The second-order valence-corrected chi connectivity index (χ2v) is 7.38. The van der Waals surface area contributed by atoms with Gasteiger partial charge in [-0.2, -0.15) is 0 Å². The van der Waals surface area contributed by atoms with E-state index in [0.717, 1.165) is 20.8 Å². The van der Waals surface area contributed by atoms with E-state index in [9.17, 15) is 9.59 Å². The number of rotatable bonds is 3. The van der Waals surface area contributed by atoms with Crippen LogP contribution in [0.25, 0.3) is 11.0 Å². The lowest BCUT2D eigenvalue weighted by molar-refractivity contribution is 0.705. The summed E-state index contributed by atoms with van der Waals surface area (Å²) in [5.41, 5.74) is 4.42. The van der Waals surface area contributed by atoms with Gasteiger partial charge in [0, 0.05) is 30.9 Å². The Morgan fingerprint density at radius 3 is 2.48 bits per heavy atom. The van der Waals surface area contributed by atoms with E-state index in [1.165, 1.54) is 28.3 Å². The Bertz CT molecular complexity index is 1100. The summed E-state index contributed by atoms with van der Waals surface area (Å²) in [7, 11) is 3.15. The van der Waals surface area contributed by atoms with Gasteiger partial charge in [0.1, 0.15) is 5.65 Å². The molecule has 6 heteroatoms. The molecule has 0 spiro atoms. The van der Waals surface area contributed by atoms with Crippen LogP contribution in [0.4, 0.5) is 0 Å². The van der Waals surface area contributed by atoms with Crippen LogP contribution in [0.15, 0.2) is 38.9 Å².